The molecule has 1 amide bonds. The summed E-state index contributed by atoms with van der Waals surface area (Å²) >= 11 is 0. The van der Waals surface area contributed by atoms with Crippen molar-refractivity contribution in [1.82, 2.24) is 9.80 Å². The molecule has 2 saturated heterocycles. The van der Waals surface area contributed by atoms with E-state index >= 15 is 0 Å². The van der Waals surface area contributed by atoms with E-state index in [1.165, 1.54) is 29.2 Å². The number of aliphatic hydroxyl groups excluding tert-OH is 1. The van der Waals surface area contributed by atoms with Gasteiger partial charge in [0.1, 0.15) is 11.6 Å². The SMILES string of the molecule is O=C1C(=O)N(CCN2CCOCC2)C(c2ccccc2)/C1=C(/O)c1ccc(F)cc1. The maximum absolute atomic E-state index is 13.3. The zero-order valence-corrected chi connectivity index (χ0v) is 16.5. The summed E-state index contributed by atoms with van der Waals surface area (Å²) in [6, 6.07) is 13.7. The number of morpholine rings is 1. The maximum Gasteiger partial charge on any atom is 0.295 e. The third kappa shape index (κ3) is 3.99. The largest absolute Gasteiger partial charge is 0.507 e. The van der Waals surface area contributed by atoms with Gasteiger partial charge in [-0.15, -0.1) is 0 Å². The fourth-order valence-electron chi connectivity index (χ4n) is 3.93. The van der Waals surface area contributed by atoms with E-state index in [9.17, 15) is 19.1 Å². The Bertz CT molecular complexity index is 953. The Kier molecular flexibility index (Phi) is 5.92. The van der Waals surface area contributed by atoms with Crippen LogP contribution in [0.2, 0.25) is 0 Å². The summed E-state index contributed by atoms with van der Waals surface area (Å²) in [5.74, 6) is -2.11. The highest BCUT2D eigenvalue weighted by molar-refractivity contribution is 6.46. The van der Waals surface area contributed by atoms with Gasteiger partial charge in [-0.2, -0.15) is 0 Å². The van der Waals surface area contributed by atoms with E-state index in [1.54, 1.807) is 0 Å². The summed E-state index contributed by atoms with van der Waals surface area (Å²) in [5, 5.41) is 10.9. The highest BCUT2D eigenvalue weighted by Crippen LogP contribution is 2.39. The van der Waals surface area contributed by atoms with Crippen LogP contribution in [0.1, 0.15) is 17.2 Å². The van der Waals surface area contributed by atoms with Crippen LogP contribution < -0.4 is 0 Å². The predicted molar refractivity (Wildman–Crippen MR) is 109 cm³/mol. The van der Waals surface area contributed by atoms with Crippen molar-refractivity contribution in [3.8, 4) is 0 Å². The van der Waals surface area contributed by atoms with E-state index in [-0.39, 0.29) is 11.3 Å². The number of ketones is 1. The second kappa shape index (κ2) is 8.77. The molecule has 2 aliphatic heterocycles. The number of aliphatic hydroxyl groups is 1. The number of carbonyl (C=O) groups excluding carboxylic acids is 2. The number of likely N-dealkylation sites (tertiary alicyclic amines) is 1. The van der Waals surface area contributed by atoms with Crippen LogP contribution in [-0.2, 0) is 14.3 Å². The van der Waals surface area contributed by atoms with Gasteiger partial charge in [-0.05, 0) is 29.8 Å². The van der Waals surface area contributed by atoms with E-state index in [0.29, 0.717) is 31.9 Å². The Morgan fingerprint density at radius 1 is 1.00 bits per heavy atom. The minimum atomic E-state index is -0.729. The fourth-order valence-corrected chi connectivity index (χ4v) is 3.93. The zero-order valence-electron chi connectivity index (χ0n) is 16.5. The van der Waals surface area contributed by atoms with Crippen LogP contribution in [0.5, 0.6) is 0 Å². The number of nitrogens with zero attached hydrogens (tertiary/aromatic N) is 2. The molecule has 2 fully saturated rings. The van der Waals surface area contributed by atoms with Gasteiger partial charge in [-0.25, -0.2) is 4.39 Å². The number of amides is 1. The Morgan fingerprint density at radius 2 is 1.67 bits per heavy atom. The summed E-state index contributed by atoms with van der Waals surface area (Å²) in [6.45, 7) is 3.79. The average Bonchev–Trinajstić information content (AvgIpc) is 3.04. The fraction of sp³-hybridized carbons (Fsp3) is 0.304. The molecule has 7 heteroatoms. The van der Waals surface area contributed by atoms with Gasteiger partial charge in [-0.1, -0.05) is 30.3 Å². The van der Waals surface area contributed by atoms with E-state index < -0.39 is 23.5 Å². The quantitative estimate of drug-likeness (QED) is 0.466. The van der Waals surface area contributed by atoms with E-state index in [1.807, 2.05) is 30.3 Å². The van der Waals surface area contributed by atoms with Crippen LogP contribution in [0, 0.1) is 5.82 Å². The lowest BCUT2D eigenvalue weighted by atomic mass is 9.95. The summed E-state index contributed by atoms with van der Waals surface area (Å²) in [7, 11) is 0. The summed E-state index contributed by atoms with van der Waals surface area (Å²) < 4.78 is 18.7. The van der Waals surface area contributed by atoms with Gasteiger partial charge in [0.05, 0.1) is 24.8 Å². The molecule has 2 heterocycles. The number of Topliss-reactive ketones (excluding diaryl/α,β-unsaturated/α-hetero) is 1. The molecule has 0 aromatic heterocycles. The molecule has 4 rings (SSSR count). The first-order valence-electron chi connectivity index (χ1n) is 9.95. The summed E-state index contributed by atoms with van der Waals surface area (Å²) in [5.41, 5.74) is 1.06. The van der Waals surface area contributed by atoms with Crippen molar-refractivity contribution in [3.05, 3.63) is 77.1 Å². The molecule has 156 valence electrons. The minimum Gasteiger partial charge on any atom is -0.507 e. The Balaban J connectivity index is 1.71. The molecule has 1 unspecified atom stereocenters. The van der Waals surface area contributed by atoms with Crippen LogP contribution in [0.4, 0.5) is 4.39 Å². The molecule has 6 nitrogen and oxygen atoms in total. The van der Waals surface area contributed by atoms with Gasteiger partial charge in [0, 0.05) is 31.7 Å². The molecule has 0 spiro atoms. The monoisotopic (exact) mass is 410 g/mol. The second-order valence-electron chi connectivity index (χ2n) is 7.36. The summed E-state index contributed by atoms with van der Waals surface area (Å²) in [4.78, 5) is 29.5. The van der Waals surface area contributed by atoms with Crippen molar-refractivity contribution < 1.29 is 23.8 Å². The van der Waals surface area contributed by atoms with Crippen LogP contribution in [-0.4, -0.2) is 66.0 Å². The third-order valence-electron chi connectivity index (χ3n) is 5.53. The van der Waals surface area contributed by atoms with E-state index in [2.05, 4.69) is 4.90 Å². The molecule has 1 N–H and O–H groups in total. The van der Waals surface area contributed by atoms with Gasteiger partial charge < -0.3 is 14.7 Å². The number of rotatable bonds is 5. The molecule has 0 saturated carbocycles. The second-order valence-corrected chi connectivity index (χ2v) is 7.36. The first-order chi connectivity index (χ1) is 14.6. The molecule has 30 heavy (non-hydrogen) atoms. The number of hydrogen-bond donors (Lipinski definition) is 1. The highest BCUT2D eigenvalue weighted by atomic mass is 19.1. The summed E-state index contributed by atoms with van der Waals surface area (Å²) in [6.07, 6.45) is 0. The topological polar surface area (TPSA) is 70.1 Å². The average molecular weight is 410 g/mol. The first-order valence-corrected chi connectivity index (χ1v) is 9.95. The molecule has 2 aliphatic rings. The lowest BCUT2D eigenvalue weighted by Gasteiger charge is -2.31. The van der Waals surface area contributed by atoms with Crippen molar-refractivity contribution in [3.63, 3.8) is 0 Å². The molecular weight excluding hydrogens is 387 g/mol. The minimum absolute atomic E-state index is 0.0276. The maximum atomic E-state index is 13.3. The molecule has 0 aliphatic carbocycles. The smallest absolute Gasteiger partial charge is 0.295 e. The zero-order chi connectivity index (χ0) is 21.1. The molecular formula is C23H23FN2O4. The molecule has 1 atom stereocenters. The molecule has 0 bridgehead atoms. The lowest BCUT2D eigenvalue weighted by Crippen LogP contribution is -2.42. The Hall–Kier alpha value is -3.03. The first kappa shape index (κ1) is 20.3. The number of ether oxygens (including phenoxy) is 1. The predicted octanol–water partition coefficient (Wildman–Crippen LogP) is 2.58. The Morgan fingerprint density at radius 3 is 2.33 bits per heavy atom. The van der Waals surface area contributed by atoms with Crippen molar-refractivity contribution in [1.29, 1.82) is 0 Å². The van der Waals surface area contributed by atoms with Gasteiger partial charge in [-0.3, -0.25) is 14.5 Å². The molecule has 2 aromatic carbocycles. The highest BCUT2D eigenvalue weighted by Gasteiger charge is 2.45. The van der Waals surface area contributed by atoms with E-state index in [4.69, 9.17) is 4.74 Å². The van der Waals surface area contributed by atoms with Gasteiger partial charge in [0.2, 0.25) is 0 Å². The van der Waals surface area contributed by atoms with Gasteiger partial charge in [0.25, 0.3) is 11.7 Å². The molecule has 2 aromatic rings. The lowest BCUT2D eigenvalue weighted by molar-refractivity contribution is -0.140. The Labute approximate surface area is 174 Å². The van der Waals surface area contributed by atoms with Crippen molar-refractivity contribution in [2.75, 3.05) is 39.4 Å². The number of benzene rings is 2. The number of hydrogen-bond acceptors (Lipinski definition) is 5. The van der Waals surface area contributed by atoms with Crippen molar-refractivity contribution >= 4 is 17.4 Å². The van der Waals surface area contributed by atoms with E-state index in [0.717, 1.165) is 18.7 Å². The number of carbonyl (C=O) groups is 2. The van der Waals surface area contributed by atoms with Crippen molar-refractivity contribution in [2.45, 2.75) is 6.04 Å². The van der Waals surface area contributed by atoms with Gasteiger partial charge in [0.15, 0.2) is 0 Å². The van der Waals surface area contributed by atoms with Crippen molar-refractivity contribution in [2.24, 2.45) is 0 Å². The van der Waals surface area contributed by atoms with Gasteiger partial charge >= 0.3 is 0 Å². The van der Waals surface area contributed by atoms with Crippen LogP contribution in [0.25, 0.3) is 5.76 Å². The van der Waals surface area contributed by atoms with Crippen LogP contribution in [0.3, 0.4) is 0 Å². The van der Waals surface area contributed by atoms with Crippen LogP contribution >= 0.6 is 0 Å². The normalized spacial score (nSPS) is 21.9. The standard InChI is InChI=1S/C23H23FN2O4/c24-18-8-6-17(7-9-18)21(27)19-20(16-4-2-1-3-5-16)26(23(29)22(19)28)11-10-25-12-14-30-15-13-25/h1-9,20,27H,10-15H2/b21-19-. The third-order valence-corrected chi connectivity index (χ3v) is 5.53. The number of halogens is 1. The molecule has 0 radical (unpaired) electrons. The van der Waals surface area contributed by atoms with Crippen LogP contribution in [0.15, 0.2) is 60.2 Å².